The lowest BCUT2D eigenvalue weighted by Gasteiger charge is -2.02. The van der Waals surface area contributed by atoms with Crippen LogP contribution in [-0.4, -0.2) is 22.9 Å². The summed E-state index contributed by atoms with van der Waals surface area (Å²) in [6.07, 6.45) is 0. The number of carbonyl (C=O) groups is 1. The summed E-state index contributed by atoms with van der Waals surface area (Å²) in [6.45, 7) is 0.142. The molecule has 0 fully saturated rings. The molecule has 1 heterocycles. The lowest BCUT2D eigenvalue weighted by atomic mass is 10.5. The topological polar surface area (TPSA) is 44.1 Å². The molecule has 6 heteroatoms. The van der Waals surface area contributed by atoms with Crippen molar-refractivity contribution >= 4 is 37.8 Å². The average Bonchev–Trinajstić information content (AvgIpc) is 2.46. The fourth-order valence-electron chi connectivity index (χ4n) is 0.852. The van der Waals surface area contributed by atoms with E-state index in [1.54, 1.807) is 4.68 Å². The molecule has 0 aliphatic heterocycles. The summed E-state index contributed by atoms with van der Waals surface area (Å²) in [4.78, 5) is 10.9. The number of hydrogen-bond donors (Lipinski definition) is 0. The van der Waals surface area contributed by atoms with Crippen molar-refractivity contribution in [1.82, 2.24) is 9.78 Å². The molecule has 0 unspecified atom stereocenters. The highest BCUT2D eigenvalue weighted by Gasteiger charge is 2.08. The molecule has 0 aliphatic carbocycles. The highest BCUT2D eigenvalue weighted by Crippen LogP contribution is 2.13. The molecule has 72 valence electrons. The fraction of sp³-hybridized carbons (Fsp3) is 0.429. The van der Waals surface area contributed by atoms with Crippen LogP contribution in [-0.2, 0) is 21.4 Å². The Morgan fingerprint density at radius 2 is 2.46 bits per heavy atom. The van der Waals surface area contributed by atoms with Gasteiger partial charge in [-0.15, -0.1) is 0 Å². The largest absolute Gasteiger partial charge is 0.468 e. The minimum atomic E-state index is -0.308. The first kappa shape index (κ1) is 10.7. The Morgan fingerprint density at radius 1 is 1.77 bits per heavy atom. The maximum atomic E-state index is 10.9. The van der Waals surface area contributed by atoms with Gasteiger partial charge in [0.2, 0.25) is 0 Å². The SMILES string of the molecule is COC(=O)Cn1nc(Br)cc1CBr. The van der Waals surface area contributed by atoms with E-state index in [2.05, 4.69) is 41.7 Å². The number of hydrogen-bond acceptors (Lipinski definition) is 3. The standard InChI is InChI=1S/C7H8Br2N2O2/c1-13-7(12)4-11-5(3-8)2-6(9)10-11/h2H,3-4H2,1H3. The summed E-state index contributed by atoms with van der Waals surface area (Å²) >= 11 is 6.53. The van der Waals surface area contributed by atoms with Crippen molar-refractivity contribution in [2.75, 3.05) is 7.11 Å². The van der Waals surface area contributed by atoms with Gasteiger partial charge < -0.3 is 4.74 Å². The summed E-state index contributed by atoms with van der Waals surface area (Å²) in [5, 5.41) is 4.73. The van der Waals surface area contributed by atoms with Crippen molar-refractivity contribution in [2.24, 2.45) is 0 Å². The van der Waals surface area contributed by atoms with Gasteiger partial charge in [-0.2, -0.15) is 5.10 Å². The Kier molecular flexibility index (Phi) is 3.92. The van der Waals surface area contributed by atoms with E-state index >= 15 is 0 Å². The number of carbonyl (C=O) groups excluding carboxylic acids is 1. The molecule has 0 saturated heterocycles. The summed E-state index contributed by atoms with van der Waals surface area (Å²) < 4.78 is 6.83. The summed E-state index contributed by atoms with van der Waals surface area (Å²) in [5.74, 6) is -0.308. The van der Waals surface area contributed by atoms with Gasteiger partial charge in [0.1, 0.15) is 11.1 Å². The lowest BCUT2D eigenvalue weighted by molar-refractivity contribution is -0.141. The molecular formula is C7H8Br2N2O2. The molecular weight excluding hydrogens is 304 g/mol. The second-order valence-electron chi connectivity index (χ2n) is 2.33. The summed E-state index contributed by atoms with van der Waals surface area (Å²) in [7, 11) is 1.36. The second kappa shape index (κ2) is 4.76. The number of ether oxygens (including phenoxy) is 1. The maximum absolute atomic E-state index is 10.9. The molecule has 0 saturated carbocycles. The van der Waals surface area contributed by atoms with Crippen LogP contribution in [0.15, 0.2) is 10.7 Å². The molecule has 1 rings (SSSR count). The minimum Gasteiger partial charge on any atom is -0.468 e. The van der Waals surface area contributed by atoms with Crippen molar-refractivity contribution in [1.29, 1.82) is 0 Å². The molecule has 0 aliphatic rings. The first-order valence-corrected chi connectivity index (χ1v) is 5.44. The van der Waals surface area contributed by atoms with E-state index in [4.69, 9.17) is 0 Å². The van der Waals surface area contributed by atoms with Crippen LogP contribution in [0.25, 0.3) is 0 Å². The first-order chi connectivity index (χ1) is 6.17. The quantitative estimate of drug-likeness (QED) is 0.630. The van der Waals surface area contributed by atoms with Crippen LogP contribution in [0.1, 0.15) is 5.69 Å². The van der Waals surface area contributed by atoms with E-state index in [1.807, 2.05) is 6.07 Å². The number of rotatable bonds is 3. The molecule has 0 amide bonds. The number of nitrogens with zero attached hydrogens (tertiary/aromatic N) is 2. The van der Waals surface area contributed by atoms with Gasteiger partial charge in [0.05, 0.1) is 12.8 Å². The van der Waals surface area contributed by atoms with E-state index in [-0.39, 0.29) is 12.5 Å². The van der Waals surface area contributed by atoms with Gasteiger partial charge in [-0.05, 0) is 22.0 Å². The van der Waals surface area contributed by atoms with Crippen LogP contribution in [0.3, 0.4) is 0 Å². The molecule has 0 N–H and O–H groups in total. The van der Waals surface area contributed by atoms with Gasteiger partial charge in [-0.3, -0.25) is 9.48 Å². The van der Waals surface area contributed by atoms with Crippen LogP contribution in [0, 0.1) is 0 Å². The zero-order valence-electron chi connectivity index (χ0n) is 6.96. The normalized spacial score (nSPS) is 10.1. The third-order valence-corrected chi connectivity index (χ3v) is 2.44. The number of halogens is 2. The van der Waals surface area contributed by atoms with Crippen molar-refractivity contribution in [3.05, 3.63) is 16.4 Å². The third kappa shape index (κ3) is 2.80. The second-order valence-corrected chi connectivity index (χ2v) is 3.70. The predicted molar refractivity (Wildman–Crippen MR) is 54.6 cm³/mol. The lowest BCUT2D eigenvalue weighted by Crippen LogP contribution is -2.14. The van der Waals surface area contributed by atoms with Gasteiger partial charge >= 0.3 is 5.97 Å². The van der Waals surface area contributed by atoms with E-state index < -0.39 is 0 Å². The first-order valence-electron chi connectivity index (χ1n) is 3.52. The van der Waals surface area contributed by atoms with Crippen LogP contribution in [0.5, 0.6) is 0 Å². The van der Waals surface area contributed by atoms with E-state index in [9.17, 15) is 4.79 Å². The van der Waals surface area contributed by atoms with Gasteiger partial charge in [0.15, 0.2) is 0 Å². The Bertz CT molecular complexity index is 311. The van der Waals surface area contributed by atoms with Gasteiger partial charge in [0, 0.05) is 5.33 Å². The molecule has 1 aromatic heterocycles. The van der Waals surface area contributed by atoms with Crippen molar-refractivity contribution in [3.8, 4) is 0 Å². The fourth-order valence-corrected chi connectivity index (χ4v) is 1.76. The zero-order chi connectivity index (χ0) is 9.84. The number of aromatic nitrogens is 2. The molecule has 0 atom stereocenters. The Balaban J connectivity index is 2.80. The predicted octanol–water partition coefficient (Wildman–Crippen LogP) is 1.71. The monoisotopic (exact) mass is 310 g/mol. The van der Waals surface area contributed by atoms with Gasteiger partial charge in [-0.1, -0.05) is 15.9 Å². The van der Waals surface area contributed by atoms with E-state index in [1.165, 1.54) is 7.11 Å². The smallest absolute Gasteiger partial charge is 0.327 e. The third-order valence-electron chi connectivity index (χ3n) is 1.48. The van der Waals surface area contributed by atoms with Gasteiger partial charge in [-0.25, -0.2) is 0 Å². The number of alkyl halides is 1. The van der Waals surface area contributed by atoms with E-state index in [0.29, 0.717) is 9.93 Å². The van der Waals surface area contributed by atoms with Crippen LogP contribution in [0.2, 0.25) is 0 Å². The van der Waals surface area contributed by atoms with Gasteiger partial charge in [0.25, 0.3) is 0 Å². The number of esters is 1. The highest BCUT2D eigenvalue weighted by molar-refractivity contribution is 9.10. The van der Waals surface area contributed by atoms with Crippen LogP contribution >= 0.6 is 31.9 Å². The molecule has 0 spiro atoms. The number of methoxy groups -OCH3 is 1. The summed E-state index contributed by atoms with van der Waals surface area (Å²) in [5.41, 5.74) is 0.928. The van der Waals surface area contributed by atoms with E-state index in [0.717, 1.165) is 5.69 Å². The van der Waals surface area contributed by atoms with Crippen molar-refractivity contribution in [2.45, 2.75) is 11.9 Å². The van der Waals surface area contributed by atoms with Crippen LogP contribution in [0.4, 0.5) is 0 Å². The van der Waals surface area contributed by atoms with Crippen LogP contribution < -0.4 is 0 Å². The minimum absolute atomic E-state index is 0.142. The Morgan fingerprint density at radius 3 is 3.00 bits per heavy atom. The van der Waals surface area contributed by atoms with Crippen molar-refractivity contribution < 1.29 is 9.53 Å². The maximum Gasteiger partial charge on any atom is 0.327 e. The Hall–Kier alpha value is -0.360. The summed E-state index contributed by atoms with van der Waals surface area (Å²) in [6, 6.07) is 1.84. The molecule has 0 radical (unpaired) electrons. The average molecular weight is 312 g/mol. The zero-order valence-corrected chi connectivity index (χ0v) is 10.1. The molecule has 13 heavy (non-hydrogen) atoms. The molecule has 4 nitrogen and oxygen atoms in total. The highest BCUT2D eigenvalue weighted by atomic mass is 79.9. The van der Waals surface area contributed by atoms with Crippen molar-refractivity contribution in [3.63, 3.8) is 0 Å². The Labute approximate surface area is 92.5 Å². The molecule has 0 bridgehead atoms. The molecule has 1 aromatic rings. The molecule has 0 aromatic carbocycles.